The summed E-state index contributed by atoms with van der Waals surface area (Å²) in [5.41, 5.74) is 6.95. The van der Waals surface area contributed by atoms with Crippen molar-refractivity contribution in [2.75, 3.05) is 26.7 Å². The van der Waals surface area contributed by atoms with Gasteiger partial charge in [0, 0.05) is 38.0 Å². The number of aliphatic carboxylic acids is 1. The fourth-order valence-electron chi connectivity index (χ4n) is 7.77. The average molecular weight is 703 g/mol. The van der Waals surface area contributed by atoms with Crippen LogP contribution in [0.4, 0.5) is 4.79 Å². The number of piperidine rings is 1. The van der Waals surface area contributed by atoms with Gasteiger partial charge in [0.15, 0.2) is 0 Å². The van der Waals surface area contributed by atoms with E-state index in [1.54, 1.807) is 14.0 Å². The Kier molecular flexibility index (Phi) is 9.60. The first-order chi connectivity index (χ1) is 23.7. The Labute approximate surface area is 294 Å². The molecule has 0 bridgehead atoms. The zero-order valence-electron chi connectivity index (χ0n) is 29.5. The minimum Gasteiger partial charge on any atom is -0.487 e. The Morgan fingerprint density at radius 1 is 1.00 bits per heavy atom. The van der Waals surface area contributed by atoms with Gasteiger partial charge in [-0.2, -0.15) is 8.42 Å². The highest BCUT2D eigenvalue weighted by Crippen LogP contribution is 2.45. The SMILES string of the molecule is CN/C(=N\S(=O)(=O)c1c(C)c(C)c2c(c1C)CC(C)(C)O2)N1CCC(C[C@H](NC(=O)OCC2c3ccccc3-c3ccccc32)C(=O)O)CC1. The number of sulfonamides is 1. The molecule has 1 saturated heterocycles. The van der Waals surface area contributed by atoms with Crippen LogP contribution in [0.25, 0.3) is 11.1 Å². The Morgan fingerprint density at radius 2 is 1.60 bits per heavy atom. The van der Waals surface area contributed by atoms with Crippen molar-refractivity contribution >= 4 is 28.0 Å². The van der Waals surface area contributed by atoms with Gasteiger partial charge in [0.25, 0.3) is 10.0 Å². The van der Waals surface area contributed by atoms with Crippen LogP contribution in [0, 0.1) is 26.7 Å². The molecule has 6 rings (SSSR count). The van der Waals surface area contributed by atoms with Crippen LogP contribution in [-0.4, -0.2) is 74.8 Å². The highest BCUT2D eigenvalue weighted by Gasteiger charge is 2.37. The minimum atomic E-state index is -4.08. The molecule has 3 aliphatic rings. The molecule has 1 atom stereocenters. The molecular weight excluding hydrogens is 657 g/mol. The number of hydrogen-bond acceptors (Lipinski definition) is 6. The van der Waals surface area contributed by atoms with E-state index >= 15 is 0 Å². The van der Waals surface area contributed by atoms with Crippen LogP contribution in [0.3, 0.4) is 0 Å². The number of guanidine groups is 1. The molecule has 0 spiro atoms. The standard InChI is InChI=1S/C38H46N4O7S/c1-22-23(2)34(24(3)30-20-38(4,5)49-33(22)30)50(46,47)41-36(39-6)42-17-15-25(16-18-42)19-32(35(43)44)40-37(45)48-21-31-28-13-9-7-11-26(28)27-12-8-10-14-29(27)31/h7-14,25,31-32H,15-21H2,1-6H3,(H,39,41)(H,40,45)(H,43,44)/t32-/m0/s1. The zero-order valence-corrected chi connectivity index (χ0v) is 30.3. The lowest BCUT2D eigenvalue weighted by atomic mass is 9.90. The van der Waals surface area contributed by atoms with Crippen molar-refractivity contribution < 1.29 is 32.6 Å². The third-order valence-corrected chi connectivity index (χ3v) is 11.9. The number of fused-ring (bicyclic) bond motifs is 4. The van der Waals surface area contributed by atoms with Crippen LogP contribution < -0.4 is 15.4 Å². The van der Waals surface area contributed by atoms with Crippen LogP contribution in [0.1, 0.15) is 72.4 Å². The highest BCUT2D eigenvalue weighted by molar-refractivity contribution is 7.90. The number of nitrogens with zero attached hydrogens (tertiary/aromatic N) is 2. The van der Waals surface area contributed by atoms with Crippen LogP contribution >= 0.6 is 0 Å². The monoisotopic (exact) mass is 702 g/mol. The molecule has 11 nitrogen and oxygen atoms in total. The van der Waals surface area contributed by atoms with Crippen molar-refractivity contribution in [1.82, 2.24) is 15.5 Å². The molecular formula is C38H46N4O7S. The summed E-state index contributed by atoms with van der Waals surface area (Å²) in [6.45, 7) is 10.5. The highest BCUT2D eigenvalue weighted by atomic mass is 32.2. The number of carboxylic acid groups (broad SMARTS) is 1. The predicted molar refractivity (Wildman–Crippen MR) is 191 cm³/mol. The topological polar surface area (TPSA) is 147 Å². The average Bonchev–Trinajstić information content (AvgIpc) is 3.59. The molecule has 0 unspecified atom stereocenters. The molecule has 2 heterocycles. The fraction of sp³-hybridized carbons (Fsp3) is 0.447. The Morgan fingerprint density at radius 3 is 2.18 bits per heavy atom. The van der Waals surface area contributed by atoms with E-state index in [0.717, 1.165) is 39.1 Å². The smallest absolute Gasteiger partial charge is 0.407 e. The number of hydrogen-bond donors (Lipinski definition) is 3. The molecule has 3 aromatic rings. The minimum absolute atomic E-state index is 0.0110. The molecule has 266 valence electrons. The second kappa shape index (κ2) is 13.6. The maximum absolute atomic E-state index is 13.8. The van der Waals surface area contributed by atoms with Crippen molar-refractivity contribution in [1.29, 1.82) is 0 Å². The first-order valence-corrected chi connectivity index (χ1v) is 18.6. The van der Waals surface area contributed by atoms with E-state index in [9.17, 15) is 23.1 Å². The molecule has 0 aromatic heterocycles. The number of benzene rings is 3. The van der Waals surface area contributed by atoms with Gasteiger partial charge < -0.3 is 30.1 Å². The van der Waals surface area contributed by atoms with Crippen molar-refractivity contribution in [3.05, 3.63) is 81.9 Å². The summed E-state index contributed by atoms with van der Waals surface area (Å²) < 4.78 is 43.7. The van der Waals surface area contributed by atoms with Gasteiger partial charge in [0.2, 0.25) is 5.96 Å². The number of rotatable bonds is 8. The molecule has 12 heteroatoms. The van der Waals surface area contributed by atoms with E-state index in [0.29, 0.717) is 43.5 Å². The number of likely N-dealkylation sites (tertiary alicyclic amines) is 1. The van der Waals surface area contributed by atoms with Crippen LogP contribution in [0.15, 0.2) is 57.8 Å². The van der Waals surface area contributed by atoms with Gasteiger partial charge in [-0.15, -0.1) is 4.40 Å². The van der Waals surface area contributed by atoms with Crippen molar-refractivity contribution in [3.8, 4) is 16.9 Å². The number of alkyl carbamates (subject to hydrolysis) is 1. The number of ether oxygens (including phenoxy) is 2. The first-order valence-electron chi connectivity index (χ1n) is 17.1. The number of nitrogens with one attached hydrogen (secondary N) is 2. The van der Waals surface area contributed by atoms with Crippen molar-refractivity contribution in [2.24, 2.45) is 10.3 Å². The maximum atomic E-state index is 13.8. The van der Waals surface area contributed by atoms with E-state index in [4.69, 9.17) is 9.47 Å². The van der Waals surface area contributed by atoms with E-state index < -0.39 is 33.7 Å². The second-order valence-corrected chi connectivity index (χ2v) is 15.8. The molecule has 1 amide bonds. The summed E-state index contributed by atoms with van der Waals surface area (Å²) in [7, 11) is -2.43. The molecule has 0 radical (unpaired) electrons. The quantitative estimate of drug-likeness (QED) is 0.199. The number of carboxylic acids is 1. The van der Waals surface area contributed by atoms with Crippen LogP contribution in [-0.2, 0) is 26.0 Å². The van der Waals surface area contributed by atoms with E-state index in [1.165, 1.54) is 0 Å². The Bertz CT molecular complexity index is 1920. The molecule has 0 saturated carbocycles. The number of carbonyl (C=O) groups is 2. The summed E-state index contributed by atoms with van der Waals surface area (Å²) in [5.74, 6) is -0.273. The van der Waals surface area contributed by atoms with Gasteiger partial charge in [-0.1, -0.05) is 48.5 Å². The summed E-state index contributed by atoms with van der Waals surface area (Å²) in [4.78, 5) is 27.2. The van der Waals surface area contributed by atoms with Gasteiger partial charge >= 0.3 is 12.1 Å². The Balaban J connectivity index is 1.07. The summed E-state index contributed by atoms with van der Waals surface area (Å²) >= 11 is 0. The number of amides is 1. The predicted octanol–water partition coefficient (Wildman–Crippen LogP) is 5.68. The third kappa shape index (κ3) is 6.77. The summed E-state index contributed by atoms with van der Waals surface area (Å²) in [6.07, 6.45) is 1.26. The fourth-order valence-corrected chi connectivity index (χ4v) is 9.35. The van der Waals surface area contributed by atoms with Crippen molar-refractivity contribution in [3.63, 3.8) is 0 Å². The summed E-state index contributed by atoms with van der Waals surface area (Å²) in [6, 6.07) is 14.9. The largest absolute Gasteiger partial charge is 0.487 e. The lowest BCUT2D eigenvalue weighted by Gasteiger charge is -2.34. The zero-order chi connectivity index (χ0) is 36.0. The molecule has 50 heavy (non-hydrogen) atoms. The third-order valence-electron chi connectivity index (χ3n) is 10.4. The lowest BCUT2D eigenvalue weighted by molar-refractivity contribution is -0.139. The molecule has 2 aliphatic heterocycles. The van der Waals surface area contributed by atoms with Gasteiger partial charge in [0.1, 0.15) is 24.0 Å². The molecule has 1 fully saturated rings. The molecule has 3 N–H and O–H groups in total. The first kappa shape index (κ1) is 35.3. The summed E-state index contributed by atoms with van der Waals surface area (Å²) in [5, 5.41) is 15.5. The molecule has 3 aromatic carbocycles. The van der Waals surface area contributed by atoms with Gasteiger partial charge in [-0.25, -0.2) is 9.59 Å². The normalized spacial score (nSPS) is 17.7. The van der Waals surface area contributed by atoms with E-state index in [2.05, 4.69) is 27.2 Å². The Hall–Kier alpha value is -4.58. The maximum Gasteiger partial charge on any atom is 0.407 e. The second-order valence-electron chi connectivity index (χ2n) is 14.2. The van der Waals surface area contributed by atoms with Crippen LogP contribution in [0.5, 0.6) is 5.75 Å². The van der Waals surface area contributed by atoms with E-state index in [-0.39, 0.29) is 35.7 Å². The number of carbonyl (C=O) groups excluding carboxylic acids is 1. The molecule has 1 aliphatic carbocycles. The van der Waals surface area contributed by atoms with E-state index in [1.807, 2.05) is 69.0 Å². The lowest BCUT2D eigenvalue weighted by Crippen LogP contribution is -2.47. The van der Waals surface area contributed by atoms with Gasteiger partial charge in [0.05, 0.1) is 4.90 Å². The van der Waals surface area contributed by atoms with Gasteiger partial charge in [-0.3, -0.25) is 0 Å². The van der Waals surface area contributed by atoms with Crippen LogP contribution in [0.2, 0.25) is 0 Å². The van der Waals surface area contributed by atoms with Crippen molar-refractivity contribution in [2.45, 2.75) is 82.8 Å². The van der Waals surface area contributed by atoms with Gasteiger partial charge in [-0.05, 0) is 98.7 Å².